The Hall–Kier alpha value is -3.30. The fourth-order valence-corrected chi connectivity index (χ4v) is 3.80. The van der Waals surface area contributed by atoms with Crippen LogP contribution < -0.4 is 20.5 Å². The molecule has 0 bridgehead atoms. The number of benzene rings is 1. The summed E-state index contributed by atoms with van der Waals surface area (Å²) in [6.45, 7) is 1.06. The Bertz CT molecular complexity index is 864. The fourth-order valence-electron chi connectivity index (χ4n) is 3.80. The average Bonchev–Trinajstić information content (AvgIpc) is 3.27. The van der Waals surface area contributed by atoms with Gasteiger partial charge in [-0.05, 0) is 30.5 Å². The predicted molar refractivity (Wildman–Crippen MR) is 98.6 cm³/mol. The molecule has 3 N–H and O–H groups in total. The number of likely N-dealkylation sites (tertiary alicyclic amines) is 1. The van der Waals surface area contributed by atoms with Crippen LogP contribution in [-0.4, -0.2) is 59.5 Å². The summed E-state index contributed by atoms with van der Waals surface area (Å²) in [5.74, 6) is -0.0433. The van der Waals surface area contributed by atoms with Gasteiger partial charge in [-0.2, -0.15) is 0 Å². The van der Waals surface area contributed by atoms with Crippen molar-refractivity contribution >= 4 is 23.8 Å². The summed E-state index contributed by atoms with van der Waals surface area (Å²) < 4.78 is 10.6. The molecule has 0 aliphatic carbocycles. The topological polar surface area (TPSA) is 131 Å². The van der Waals surface area contributed by atoms with Crippen LogP contribution in [0.15, 0.2) is 18.2 Å². The predicted octanol–water partition coefficient (Wildman–Crippen LogP) is -0.0503. The minimum Gasteiger partial charge on any atom is -0.454 e. The van der Waals surface area contributed by atoms with Crippen LogP contribution in [-0.2, 0) is 20.9 Å². The lowest BCUT2D eigenvalue weighted by atomic mass is 9.96. The molecule has 10 heteroatoms. The van der Waals surface area contributed by atoms with Gasteiger partial charge in [0.15, 0.2) is 11.5 Å². The molecule has 0 saturated carbocycles. The van der Waals surface area contributed by atoms with Gasteiger partial charge in [-0.15, -0.1) is 0 Å². The van der Waals surface area contributed by atoms with Crippen molar-refractivity contribution in [2.45, 2.75) is 31.8 Å². The van der Waals surface area contributed by atoms with E-state index in [4.69, 9.17) is 15.2 Å². The first-order chi connectivity index (χ1) is 13.9. The number of nitrogens with zero attached hydrogens (tertiary/aromatic N) is 2. The summed E-state index contributed by atoms with van der Waals surface area (Å²) in [6.07, 6.45) is 0.925. The summed E-state index contributed by atoms with van der Waals surface area (Å²) >= 11 is 0. The van der Waals surface area contributed by atoms with Gasteiger partial charge in [-0.3, -0.25) is 19.3 Å². The number of carbonyl (C=O) groups is 4. The molecular weight excluding hydrogens is 380 g/mol. The quantitative estimate of drug-likeness (QED) is 0.664. The van der Waals surface area contributed by atoms with Gasteiger partial charge < -0.3 is 25.4 Å². The van der Waals surface area contributed by atoms with Crippen LogP contribution in [0.2, 0.25) is 0 Å². The molecule has 4 rings (SSSR count). The van der Waals surface area contributed by atoms with Crippen molar-refractivity contribution in [3.63, 3.8) is 0 Å². The Morgan fingerprint density at radius 2 is 1.86 bits per heavy atom. The normalized spacial score (nSPS) is 21.4. The maximum atomic E-state index is 12.7. The Balaban J connectivity index is 1.34. The van der Waals surface area contributed by atoms with E-state index < -0.39 is 18.0 Å². The van der Waals surface area contributed by atoms with Gasteiger partial charge in [0.05, 0.1) is 13.0 Å². The summed E-state index contributed by atoms with van der Waals surface area (Å²) in [7, 11) is 0. The number of nitrogens with two attached hydrogens (primary N) is 1. The van der Waals surface area contributed by atoms with Crippen molar-refractivity contribution in [3.05, 3.63) is 23.8 Å². The number of amides is 5. The Morgan fingerprint density at radius 3 is 2.59 bits per heavy atom. The summed E-state index contributed by atoms with van der Waals surface area (Å²) in [5.41, 5.74) is 6.03. The van der Waals surface area contributed by atoms with Gasteiger partial charge in [-0.1, -0.05) is 6.07 Å². The lowest BCUT2D eigenvalue weighted by molar-refractivity contribution is -0.137. The first kappa shape index (κ1) is 19.0. The fraction of sp³-hybridized carbons (Fsp3) is 0.474. The van der Waals surface area contributed by atoms with Gasteiger partial charge in [0, 0.05) is 19.0 Å². The van der Waals surface area contributed by atoms with Crippen LogP contribution in [0.4, 0.5) is 4.79 Å². The lowest BCUT2D eigenvalue weighted by Crippen LogP contribution is -2.44. The maximum Gasteiger partial charge on any atom is 0.325 e. The summed E-state index contributed by atoms with van der Waals surface area (Å²) in [4.78, 5) is 51.4. The lowest BCUT2D eigenvalue weighted by Gasteiger charge is -2.31. The molecule has 1 aromatic rings. The third-order valence-corrected chi connectivity index (χ3v) is 5.51. The van der Waals surface area contributed by atoms with Crippen molar-refractivity contribution in [2.24, 2.45) is 11.7 Å². The van der Waals surface area contributed by atoms with E-state index in [-0.39, 0.29) is 37.5 Å². The van der Waals surface area contributed by atoms with Gasteiger partial charge in [0.1, 0.15) is 6.04 Å². The van der Waals surface area contributed by atoms with Crippen molar-refractivity contribution in [1.82, 2.24) is 15.1 Å². The van der Waals surface area contributed by atoms with E-state index in [0.29, 0.717) is 37.4 Å². The van der Waals surface area contributed by atoms with E-state index >= 15 is 0 Å². The van der Waals surface area contributed by atoms with Crippen LogP contribution >= 0.6 is 0 Å². The standard InChI is InChI=1S/C19H22N4O6/c20-17(25)12-3-5-22(6-4-12)16(24)8-13-18(26)23(19(27)21-13)9-11-1-2-14-15(7-11)29-10-28-14/h1-2,7,12-13H,3-6,8-10H2,(H2,20,25)(H,21,27)/t13-/m0/s1. The first-order valence-electron chi connectivity index (χ1n) is 9.50. The third-order valence-electron chi connectivity index (χ3n) is 5.51. The molecule has 3 aliphatic heterocycles. The van der Waals surface area contributed by atoms with Crippen LogP contribution in [0.3, 0.4) is 0 Å². The number of urea groups is 1. The van der Waals surface area contributed by atoms with Gasteiger partial charge in [-0.25, -0.2) is 4.79 Å². The molecule has 29 heavy (non-hydrogen) atoms. The summed E-state index contributed by atoms with van der Waals surface area (Å²) in [6, 6.07) is 3.79. The number of imide groups is 1. The Labute approximate surface area is 166 Å². The second kappa shape index (κ2) is 7.61. The molecule has 0 aromatic heterocycles. The van der Waals surface area contributed by atoms with Gasteiger partial charge in [0.25, 0.3) is 5.91 Å². The molecule has 1 aromatic carbocycles. The Kier molecular flexibility index (Phi) is 4.99. The monoisotopic (exact) mass is 402 g/mol. The van der Waals surface area contributed by atoms with Gasteiger partial charge in [0.2, 0.25) is 18.6 Å². The molecule has 0 radical (unpaired) electrons. The van der Waals surface area contributed by atoms with Crippen LogP contribution in [0.5, 0.6) is 11.5 Å². The number of nitrogens with one attached hydrogen (secondary N) is 1. The number of primary amides is 1. The van der Waals surface area contributed by atoms with Gasteiger partial charge >= 0.3 is 6.03 Å². The zero-order valence-electron chi connectivity index (χ0n) is 15.8. The van der Waals surface area contributed by atoms with Crippen LogP contribution in [0.25, 0.3) is 0 Å². The molecule has 0 unspecified atom stereocenters. The molecule has 10 nitrogen and oxygen atoms in total. The molecule has 154 valence electrons. The van der Waals surface area contributed by atoms with Crippen molar-refractivity contribution in [2.75, 3.05) is 19.9 Å². The van der Waals surface area contributed by atoms with Crippen molar-refractivity contribution < 1.29 is 28.7 Å². The van der Waals surface area contributed by atoms with Crippen LogP contribution in [0.1, 0.15) is 24.8 Å². The van der Waals surface area contributed by atoms with E-state index in [1.807, 2.05) is 0 Å². The molecular formula is C19H22N4O6. The third kappa shape index (κ3) is 3.82. The highest BCUT2D eigenvalue weighted by Gasteiger charge is 2.40. The van der Waals surface area contributed by atoms with Crippen molar-refractivity contribution in [1.29, 1.82) is 0 Å². The molecule has 3 aliphatic rings. The maximum absolute atomic E-state index is 12.7. The van der Waals surface area contributed by atoms with E-state index in [2.05, 4.69) is 5.32 Å². The second-order valence-corrected chi connectivity index (χ2v) is 7.38. The molecule has 5 amide bonds. The number of fused-ring (bicyclic) bond motifs is 1. The smallest absolute Gasteiger partial charge is 0.325 e. The molecule has 0 spiro atoms. The molecule has 3 heterocycles. The SMILES string of the molecule is NC(=O)C1CCN(C(=O)C[C@@H]2NC(=O)N(Cc3ccc4c(c3)OCO4)C2=O)CC1. The van der Waals surface area contributed by atoms with Crippen molar-refractivity contribution in [3.8, 4) is 11.5 Å². The summed E-state index contributed by atoms with van der Waals surface area (Å²) in [5, 5.41) is 2.58. The zero-order valence-corrected chi connectivity index (χ0v) is 15.8. The van der Waals surface area contributed by atoms with E-state index in [9.17, 15) is 19.2 Å². The van der Waals surface area contributed by atoms with E-state index in [0.717, 1.165) is 10.5 Å². The molecule has 1 atom stereocenters. The Morgan fingerprint density at radius 1 is 1.14 bits per heavy atom. The second-order valence-electron chi connectivity index (χ2n) is 7.38. The number of hydrogen-bond acceptors (Lipinski definition) is 6. The highest BCUT2D eigenvalue weighted by atomic mass is 16.7. The molecule has 2 fully saturated rings. The largest absolute Gasteiger partial charge is 0.454 e. The first-order valence-corrected chi connectivity index (χ1v) is 9.50. The number of hydrogen-bond donors (Lipinski definition) is 2. The zero-order chi connectivity index (χ0) is 20.5. The number of piperidine rings is 1. The van der Waals surface area contributed by atoms with E-state index in [1.165, 1.54) is 0 Å². The van der Waals surface area contributed by atoms with E-state index in [1.54, 1.807) is 23.1 Å². The van der Waals surface area contributed by atoms with Crippen LogP contribution in [0, 0.1) is 5.92 Å². The number of carbonyl (C=O) groups excluding carboxylic acids is 4. The minimum absolute atomic E-state index is 0.0794. The minimum atomic E-state index is -0.891. The highest BCUT2D eigenvalue weighted by molar-refractivity contribution is 6.05. The molecule has 2 saturated heterocycles. The number of rotatable bonds is 5. The highest BCUT2D eigenvalue weighted by Crippen LogP contribution is 2.33. The average molecular weight is 402 g/mol. The number of ether oxygens (including phenoxy) is 2.